The number of esters is 1. The molecule has 1 heterocycles. The van der Waals surface area contributed by atoms with Crippen LogP contribution < -0.4 is 10.6 Å². The van der Waals surface area contributed by atoms with Crippen molar-refractivity contribution < 1.29 is 19.4 Å². The molecule has 7 heteroatoms. The fourth-order valence-electron chi connectivity index (χ4n) is 1.63. The van der Waals surface area contributed by atoms with Crippen LogP contribution in [0, 0.1) is 0 Å². The summed E-state index contributed by atoms with van der Waals surface area (Å²) in [5, 5.41) is 14.3. The molecule has 1 unspecified atom stereocenters. The lowest BCUT2D eigenvalue weighted by Gasteiger charge is -2.28. The predicted octanol–water partition coefficient (Wildman–Crippen LogP) is -0.571. The minimum atomic E-state index is -0.435. The molecule has 1 aliphatic heterocycles. The van der Waals surface area contributed by atoms with Crippen molar-refractivity contribution in [3.63, 3.8) is 0 Å². The van der Waals surface area contributed by atoms with Crippen LogP contribution in [-0.2, 0) is 9.53 Å². The second-order valence-corrected chi connectivity index (χ2v) is 4.43. The number of nitrogens with zero attached hydrogens (tertiary/aromatic N) is 1. The quantitative estimate of drug-likeness (QED) is 0.563. The van der Waals surface area contributed by atoms with E-state index in [0.717, 1.165) is 0 Å². The average Bonchev–Trinajstić information content (AvgIpc) is 2.38. The minimum Gasteiger partial charge on any atom is -0.463 e. The Hall–Kier alpha value is -1.60. The Morgan fingerprint density at radius 3 is 2.84 bits per heavy atom. The summed E-state index contributed by atoms with van der Waals surface area (Å²) in [6.45, 7) is 4.39. The maximum Gasteiger partial charge on any atom is 0.337 e. The molecule has 0 aromatic carbocycles. The monoisotopic (exact) mass is 271 g/mol. The summed E-state index contributed by atoms with van der Waals surface area (Å²) < 4.78 is 4.96. The van der Waals surface area contributed by atoms with Gasteiger partial charge in [0.15, 0.2) is 0 Å². The third-order valence-electron chi connectivity index (χ3n) is 3.00. The van der Waals surface area contributed by atoms with Crippen LogP contribution >= 0.6 is 0 Å². The van der Waals surface area contributed by atoms with Crippen molar-refractivity contribution in [1.82, 2.24) is 15.5 Å². The summed E-state index contributed by atoms with van der Waals surface area (Å²) in [6.07, 6.45) is 0. The van der Waals surface area contributed by atoms with Gasteiger partial charge in [-0.05, 0) is 20.9 Å². The number of ether oxygens (including phenoxy) is 1. The SMILES string of the molecule is CCOC(=O)C1=C(CN(C)C(C)CO)NC(=O)NC1. The van der Waals surface area contributed by atoms with E-state index in [1.54, 1.807) is 6.92 Å². The highest BCUT2D eigenvalue weighted by Gasteiger charge is 2.25. The summed E-state index contributed by atoms with van der Waals surface area (Å²) in [5.74, 6) is -0.435. The van der Waals surface area contributed by atoms with Crippen LogP contribution in [0.1, 0.15) is 13.8 Å². The van der Waals surface area contributed by atoms with E-state index >= 15 is 0 Å². The highest BCUT2D eigenvalue weighted by molar-refractivity contribution is 5.93. The maximum atomic E-state index is 11.8. The number of likely N-dealkylation sites (N-methyl/N-ethyl adjacent to an activating group) is 1. The second kappa shape index (κ2) is 7.10. The highest BCUT2D eigenvalue weighted by atomic mass is 16.5. The summed E-state index contributed by atoms with van der Waals surface area (Å²) in [4.78, 5) is 25.0. The van der Waals surface area contributed by atoms with Gasteiger partial charge in [0.1, 0.15) is 0 Å². The molecule has 0 radical (unpaired) electrons. The van der Waals surface area contributed by atoms with Gasteiger partial charge in [-0.1, -0.05) is 0 Å². The summed E-state index contributed by atoms with van der Waals surface area (Å²) in [6, 6.07) is -0.407. The molecule has 1 atom stereocenters. The molecule has 1 aliphatic rings. The number of hydrogen-bond donors (Lipinski definition) is 3. The molecule has 108 valence electrons. The van der Waals surface area contributed by atoms with Crippen molar-refractivity contribution in [2.75, 3.05) is 33.4 Å². The molecule has 7 nitrogen and oxygen atoms in total. The van der Waals surface area contributed by atoms with Crippen molar-refractivity contribution >= 4 is 12.0 Å². The van der Waals surface area contributed by atoms with Crippen LogP contribution in [0.4, 0.5) is 4.79 Å². The first-order chi connectivity index (χ1) is 8.99. The normalized spacial score (nSPS) is 17.0. The number of urea groups is 1. The van der Waals surface area contributed by atoms with Crippen LogP contribution in [0.15, 0.2) is 11.3 Å². The van der Waals surface area contributed by atoms with Crippen LogP contribution in [0.2, 0.25) is 0 Å². The Morgan fingerprint density at radius 2 is 2.26 bits per heavy atom. The van der Waals surface area contributed by atoms with Crippen LogP contribution in [0.25, 0.3) is 0 Å². The van der Waals surface area contributed by atoms with Gasteiger partial charge in [0.2, 0.25) is 0 Å². The first-order valence-corrected chi connectivity index (χ1v) is 6.24. The maximum absolute atomic E-state index is 11.8. The predicted molar refractivity (Wildman–Crippen MR) is 69.4 cm³/mol. The van der Waals surface area contributed by atoms with Gasteiger partial charge >= 0.3 is 12.0 Å². The summed E-state index contributed by atoms with van der Waals surface area (Å²) in [5.41, 5.74) is 0.934. The topological polar surface area (TPSA) is 90.9 Å². The molecule has 0 fully saturated rings. The first kappa shape index (κ1) is 15.5. The van der Waals surface area contributed by atoms with E-state index in [-0.39, 0.29) is 31.8 Å². The fourth-order valence-corrected chi connectivity index (χ4v) is 1.63. The van der Waals surface area contributed by atoms with Gasteiger partial charge in [0.25, 0.3) is 0 Å². The number of aliphatic hydroxyl groups excluding tert-OH is 1. The van der Waals surface area contributed by atoms with E-state index in [0.29, 0.717) is 17.8 Å². The number of hydrogen-bond acceptors (Lipinski definition) is 5. The number of amides is 2. The van der Waals surface area contributed by atoms with Gasteiger partial charge in [-0.3, -0.25) is 4.90 Å². The van der Waals surface area contributed by atoms with E-state index in [9.17, 15) is 9.59 Å². The molecular weight excluding hydrogens is 250 g/mol. The molecule has 2 amide bonds. The smallest absolute Gasteiger partial charge is 0.337 e. The molecule has 19 heavy (non-hydrogen) atoms. The molecule has 0 spiro atoms. The molecule has 0 bridgehead atoms. The molecule has 3 N–H and O–H groups in total. The van der Waals surface area contributed by atoms with Gasteiger partial charge in [0, 0.05) is 18.3 Å². The van der Waals surface area contributed by atoms with E-state index < -0.39 is 5.97 Å². The van der Waals surface area contributed by atoms with Crippen molar-refractivity contribution in [1.29, 1.82) is 0 Å². The number of rotatable bonds is 6. The van der Waals surface area contributed by atoms with Crippen molar-refractivity contribution in [2.24, 2.45) is 0 Å². The highest BCUT2D eigenvalue weighted by Crippen LogP contribution is 2.10. The van der Waals surface area contributed by atoms with Crippen LogP contribution in [0.3, 0.4) is 0 Å². The van der Waals surface area contributed by atoms with Gasteiger partial charge in [-0.15, -0.1) is 0 Å². The van der Waals surface area contributed by atoms with Crippen molar-refractivity contribution in [3.8, 4) is 0 Å². The molecule has 0 saturated carbocycles. The number of aliphatic hydroxyl groups is 1. The lowest BCUT2D eigenvalue weighted by Crippen LogP contribution is -2.47. The zero-order valence-electron chi connectivity index (χ0n) is 11.5. The van der Waals surface area contributed by atoms with Gasteiger partial charge in [0.05, 0.1) is 25.3 Å². The molecule has 0 aromatic rings. The zero-order valence-corrected chi connectivity index (χ0v) is 11.5. The van der Waals surface area contributed by atoms with Crippen molar-refractivity contribution in [3.05, 3.63) is 11.3 Å². The van der Waals surface area contributed by atoms with Gasteiger partial charge in [-0.2, -0.15) is 0 Å². The van der Waals surface area contributed by atoms with E-state index in [1.165, 1.54) is 0 Å². The first-order valence-electron chi connectivity index (χ1n) is 6.24. The molecule has 1 rings (SSSR count). The minimum absolute atomic E-state index is 0.00468. The Kier molecular flexibility index (Phi) is 5.78. The van der Waals surface area contributed by atoms with Crippen molar-refractivity contribution in [2.45, 2.75) is 19.9 Å². The van der Waals surface area contributed by atoms with Crippen LogP contribution in [-0.4, -0.2) is 61.4 Å². The molecule has 0 aromatic heterocycles. The Labute approximate surface area is 112 Å². The number of carbonyl (C=O) groups excluding carboxylic acids is 2. The lowest BCUT2D eigenvalue weighted by molar-refractivity contribution is -0.138. The Balaban J connectivity index is 2.86. The molecular formula is C12H21N3O4. The fraction of sp³-hybridized carbons (Fsp3) is 0.667. The van der Waals surface area contributed by atoms with Gasteiger partial charge in [-0.25, -0.2) is 9.59 Å². The largest absolute Gasteiger partial charge is 0.463 e. The lowest BCUT2D eigenvalue weighted by atomic mass is 10.1. The third kappa shape index (κ3) is 4.22. The van der Waals surface area contributed by atoms with E-state index in [4.69, 9.17) is 9.84 Å². The zero-order chi connectivity index (χ0) is 14.4. The Morgan fingerprint density at radius 1 is 1.58 bits per heavy atom. The third-order valence-corrected chi connectivity index (χ3v) is 3.00. The second-order valence-electron chi connectivity index (χ2n) is 4.43. The van der Waals surface area contributed by atoms with Crippen LogP contribution in [0.5, 0.6) is 0 Å². The van der Waals surface area contributed by atoms with E-state index in [1.807, 2.05) is 18.9 Å². The molecule has 0 saturated heterocycles. The Bertz CT molecular complexity index is 381. The number of nitrogens with one attached hydrogen (secondary N) is 2. The summed E-state index contributed by atoms with van der Waals surface area (Å²) in [7, 11) is 1.81. The standard InChI is InChI=1S/C12H21N3O4/c1-4-19-11(17)9-5-13-12(18)14-10(9)6-15(3)8(2)7-16/h8,16H,4-7H2,1-3H3,(H2,13,14,18). The number of carbonyl (C=O) groups is 2. The summed E-state index contributed by atoms with van der Waals surface area (Å²) >= 11 is 0. The average molecular weight is 271 g/mol. The molecule has 0 aliphatic carbocycles. The van der Waals surface area contributed by atoms with E-state index in [2.05, 4.69) is 10.6 Å². The van der Waals surface area contributed by atoms with Gasteiger partial charge < -0.3 is 20.5 Å².